The molecule has 1 heterocycles. The largest absolute Gasteiger partial charge is 0.370 e. The number of amides is 1. The lowest BCUT2D eigenvalue weighted by molar-refractivity contribution is -0.384. The molecule has 7 nitrogen and oxygen atoms in total. The highest BCUT2D eigenvalue weighted by Gasteiger charge is 2.17. The molecule has 0 bridgehead atoms. The SMILES string of the molecule is NC(=O)CCCN1CCN(c2ccc([N+](=O)[O-])cc2)CC1. The van der Waals surface area contributed by atoms with Crippen LogP contribution in [0.15, 0.2) is 24.3 Å². The summed E-state index contributed by atoms with van der Waals surface area (Å²) < 4.78 is 0. The molecule has 1 aliphatic heterocycles. The fraction of sp³-hybridized carbons (Fsp3) is 0.500. The number of carbonyl (C=O) groups excluding carboxylic acids is 1. The van der Waals surface area contributed by atoms with Crippen molar-refractivity contribution in [3.05, 3.63) is 34.4 Å². The number of nitrogens with zero attached hydrogens (tertiary/aromatic N) is 3. The Labute approximate surface area is 123 Å². The van der Waals surface area contributed by atoms with E-state index in [0.29, 0.717) is 6.42 Å². The number of rotatable bonds is 6. The highest BCUT2D eigenvalue weighted by atomic mass is 16.6. The molecule has 1 aromatic rings. The zero-order chi connectivity index (χ0) is 15.2. The molecule has 2 N–H and O–H groups in total. The fourth-order valence-corrected chi connectivity index (χ4v) is 2.49. The maximum absolute atomic E-state index is 10.7. The topological polar surface area (TPSA) is 92.7 Å². The van der Waals surface area contributed by atoms with Crippen molar-refractivity contribution in [2.45, 2.75) is 12.8 Å². The van der Waals surface area contributed by atoms with Crippen LogP contribution < -0.4 is 10.6 Å². The second-order valence-electron chi connectivity index (χ2n) is 5.17. The lowest BCUT2D eigenvalue weighted by Gasteiger charge is -2.36. The van der Waals surface area contributed by atoms with E-state index in [1.807, 2.05) is 0 Å². The second kappa shape index (κ2) is 7.03. The average molecular weight is 292 g/mol. The maximum atomic E-state index is 10.7. The van der Waals surface area contributed by atoms with Crippen molar-refractivity contribution >= 4 is 17.3 Å². The van der Waals surface area contributed by atoms with Crippen LogP contribution in [-0.2, 0) is 4.79 Å². The minimum atomic E-state index is -0.388. The normalized spacial score (nSPS) is 15.9. The van der Waals surface area contributed by atoms with Crippen LogP contribution in [0.25, 0.3) is 0 Å². The molecule has 1 saturated heterocycles. The van der Waals surface area contributed by atoms with Crippen molar-refractivity contribution in [2.75, 3.05) is 37.6 Å². The van der Waals surface area contributed by atoms with Crippen molar-refractivity contribution in [2.24, 2.45) is 5.73 Å². The third kappa shape index (κ3) is 4.42. The van der Waals surface area contributed by atoms with E-state index >= 15 is 0 Å². The Morgan fingerprint density at radius 1 is 1.19 bits per heavy atom. The molecule has 1 aromatic carbocycles. The van der Waals surface area contributed by atoms with Gasteiger partial charge in [0, 0.05) is 50.4 Å². The summed E-state index contributed by atoms with van der Waals surface area (Å²) >= 11 is 0. The van der Waals surface area contributed by atoms with Gasteiger partial charge in [-0.1, -0.05) is 0 Å². The Bertz CT molecular complexity index is 495. The molecule has 0 atom stereocenters. The number of anilines is 1. The van der Waals surface area contributed by atoms with Gasteiger partial charge in [-0.25, -0.2) is 0 Å². The number of carbonyl (C=O) groups is 1. The number of nitro groups is 1. The lowest BCUT2D eigenvalue weighted by Crippen LogP contribution is -2.46. The van der Waals surface area contributed by atoms with E-state index in [1.165, 1.54) is 12.1 Å². The summed E-state index contributed by atoms with van der Waals surface area (Å²) in [4.78, 5) is 25.5. The first-order valence-electron chi connectivity index (χ1n) is 7.06. The number of hydrogen-bond donors (Lipinski definition) is 1. The monoisotopic (exact) mass is 292 g/mol. The Morgan fingerprint density at radius 3 is 2.33 bits per heavy atom. The molecule has 0 saturated carbocycles. The number of benzene rings is 1. The van der Waals surface area contributed by atoms with Gasteiger partial charge in [0.1, 0.15) is 0 Å². The van der Waals surface area contributed by atoms with E-state index in [0.717, 1.165) is 44.8 Å². The number of nitrogens with two attached hydrogens (primary N) is 1. The third-order valence-electron chi connectivity index (χ3n) is 3.70. The molecule has 1 aliphatic rings. The van der Waals surface area contributed by atoms with E-state index in [1.54, 1.807) is 12.1 Å². The zero-order valence-corrected chi connectivity index (χ0v) is 11.9. The summed E-state index contributed by atoms with van der Waals surface area (Å²) in [5.74, 6) is -0.250. The van der Waals surface area contributed by atoms with Crippen molar-refractivity contribution in [1.29, 1.82) is 0 Å². The van der Waals surface area contributed by atoms with Crippen molar-refractivity contribution in [3.63, 3.8) is 0 Å². The number of non-ortho nitro benzene ring substituents is 1. The van der Waals surface area contributed by atoms with Crippen LogP contribution in [0.2, 0.25) is 0 Å². The predicted octanol–water partition coefficient (Wildman–Crippen LogP) is 0.982. The van der Waals surface area contributed by atoms with Crippen LogP contribution in [0.3, 0.4) is 0 Å². The lowest BCUT2D eigenvalue weighted by atomic mass is 10.2. The van der Waals surface area contributed by atoms with Gasteiger partial charge in [0.2, 0.25) is 5.91 Å². The molecule has 0 aliphatic carbocycles. The van der Waals surface area contributed by atoms with Crippen LogP contribution in [0, 0.1) is 10.1 Å². The average Bonchev–Trinajstić information content (AvgIpc) is 2.48. The molecule has 0 unspecified atom stereocenters. The molecule has 2 rings (SSSR count). The quantitative estimate of drug-likeness (QED) is 0.623. The number of hydrogen-bond acceptors (Lipinski definition) is 5. The minimum absolute atomic E-state index is 0.115. The van der Waals surface area contributed by atoms with Crippen molar-refractivity contribution in [3.8, 4) is 0 Å². The summed E-state index contributed by atoms with van der Waals surface area (Å²) in [6.45, 7) is 4.51. The third-order valence-corrected chi connectivity index (χ3v) is 3.70. The first-order chi connectivity index (χ1) is 10.1. The van der Waals surface area contributed by atoms with E-state index in [9.17, 15) is 14.9 Å². The molecule has 114 valence electrons. The molecule has 0 aromatic heterocycles. The zero-order valence-electron chi connectivity index (χ0n) is 11.9. The molecular formula is C14H20N4O3. The molecule has 0 spiro atoms. The first kappa shape index (κ1) is 15.2. The molecule has 0 radical (unpaired) electrons. The highest BCUT2D eigenvalue weighted by Crippen LogP contribution is 2.20. The van der Waals surface area contributed by atoms with E-state index in [-0.39, 0.29) is 16.5 Å². The van der Waals surface area contributed by atoms with Crippen molar-refractivity contribution < 1.29 is 9.72 Å². The van der Waals surface area contributed by atoms with Gasteiger partial charge in [0.15, 0.2) is 0 Å². The van der Waals surface area contributed by atoms with Gasteiger partial charge in [-0.2, -0.15) is 0 Å². The smallest absolute Gasteiger partial charge is 0.269 e. The van der Waals surface area contributed by atoms with Crippen LogP contribution >= 0.6 is 0 Å². The summed E-state index contributed by atoms with van der Waals surface area (Å²) in [5.41, 5.74) is 6.25. The van der Waals surface area contributed by atoms with E-state index < -0.39 is 0 Å². The van der Waals surface area contributed by atoms with Crippen molar-refractivity contribution in [1.82, 2.24) is 4.90 Å². The molecule has 7 heteroatoms. The Balaban J connectivity index is 1.80. The highest BCUT2D eigenvalue weighted by molar-refractivity contribution is 5.73. The summed E-state index contributed by atoms with van der Waals surface area (Å²) in [5, 5.41) is 10.6. The Kier molecular flexibility index (Phi) is 5.10. The molecule has 1 fully saturated rings. The second-order valence-corrected chi connectivity index (χ2v) is 5.17. The van der Waals surface area contributed by atoms with Gasteiger partial charge in [-0.05, 0) is 25.1 Å². The first-order valence-corrected chi connectivity index (χ1v) is 7.06. The number of primary amides is 1. The summed E-state index contributed by atoms with van der Waals surface area (Å²) in [7, 11) is 0. The number of nitro benzene ring substituents is 1. The van der Waals surface area contributed by atoms with Crippen LogP contribution in [0.5, 0.6) is 0 Å². The number of piperazine rings is 1. The van der Waals surface area contributed by atoms with Crippen LogP contribution in [-0.4, -0.2) is 48.5 Å². The maximum Gasteiger partial charge on any atom is 0.269 e. The van der Waals surface area contributed by atoms with Crippen LogP contribution in [0.1, 0.15) is 12.8 Å². The molecule has 21 heavy (non-hydrogen) atoms. The molecule has 1 amide bonds. The predicted molar refractivity (Wildman–Crippen MR) is 80.2 cm³/mol. The van der Waals surface area contributed by atoms with E-state index in [2.05, 4.69) is 9.80 Å². The Morgan fingerprint density at radius 2 is 1.81 bits per heavy atom. The minimum Gasteiger partial charge on any atom is -0.370 e. The van der Waals surface area contributed by atoms with Gasteiger partial charge >= 0.3 is 0 Å². The van der Waals surface area contributed by atoms with Gasteiger partial charge in [0.25, 0.3) is 5.69 Å². The standard InChI is InChI=1S/C14H20N4O3/c15-14(19)2-1-7-16-8-10-17(11-9-16)12-3-5-13(6-4-12)18(20)21/h3-6H,1-2,7-11H2,(H2,15,19). The van der Waals surface area contributed by atoms with Gasteiger partial charge in [-0.3, -0.25) is 19.8 Å². The van der Waals surface area contributed by atoms with E-state index in [4.69, 9.17) is 5.73 Å². The molecular weight excluding hydrogens is 272 g/mol. The summed E-state index contributed by atoms with van der Waals surface area (Å²) in [6.07, 6.45) is 1.23. The van der Waals surface area contributed by atoms with Gasteiger partial charge in [0.05, 0.1) is 4.92 Å². The van der Waals surface area contributed by atoms with Gasteiger partial charge in [-0.15, -0.1) is 0 Å². The van der Waals surface area contributed by atoms with Crippen LogP contribution in [0.4, 0.5) is 11.4 Å². The fourth-order valence-electron chi connectivity index (χ4n) is 2.49. The summed E-state index contributed by atoms with van der Waals surface area (Å²) in [6, 6.07) is 6.66. The Hall–Kier alpha value is -2.15. The van der Waals surface area contributed by atoms with Gasteiger partial charge < -0.3 is 10.6 Å².